The van der Waals surface area contributed by atoms with Crippen LogP contribution in [-0.2, 0) is 19.8 Å². The number of imide groups is 1. The summed E-state index contributed by atoms with van der Waals surface area (Å²) in [6.07, 6.45) is -7.93. The molecule has 3 amide bonds. The third kappa shape index (κ3) is 5.29. The molecule has 0 aliphatic carbocycles. The Morgan fingerprint density at radius 1 is 0.744 bits per heavy atom. The number of anilines is 2. The SMILES string of the molecule is C=CCOc1ccc(C(c2ccc(OCC=C)c(N3C(=O)C=CC3O)c2)(C(F)(F)F)C(F)(F)F)cc1N1C(=O)C=CC1=O. The first kappa shape index (κ1) is 31.1. The number of carbonyl (C=O) groups is 3. The molecule has 2 aliphatic rings. The molecule has 2 aromatic rings. The van der Waals surface area contributed by atoms with Crippen LogP contribution in [-0.4, -0.2) is 54.6 Å². The van der Waals surface area contributed by atoms with Gasteiger partial charge in [0.2, 0.25) is 5.41 Å². The van der Waals surface area contributed by atoms with Crippen LogP contribution in [0.4, 0.5) is 37.7 Å². The van der Waals surface area contributed by atoms with Crippen LogP contribution >= 0.6 is 0 Å². The lowest BCUT2D eigenvalue weighted by Gasteiger charge is -2.39. The third-order valence-corrected chi connectivity index (χ3v) is 6.57. The van der Waals surface area contributed by atoms with E-state index in [-0.39, 0.29) is 24.7 Å². The normalized spacial score (nSPS) is 17.2. The summed E-state index contributed by atoms with van der Waals surface area (Å²) in [5.74, 6) is -3.64. The Labute approximate surface area is 240 Å². The summed E-state index contributed by atoms with van der Waals surface area (Å²) in [6, 6.07) is 3.47. The molecule has 2 aromatic carbocycles. The van der Waals surface area contributed by atoms with Crippen molar-refractivity contribution in [2.24, 2.45) is 0 Å². The van der Waals surface area contributed by atoms with Crippen LogP contribution in [0, 0.1) is 0 Å². The molecule has 0 bridgehead atoms. The minimum absolute atomic E-state index is 0.233. The van der Waals surface area contributed by atoms with Gasteiger partial charge in [-0.3, -0.25) is 19.3 Å². The summed E-state index contributed by atoms with van der Waals surface area (Å²) < 4.78 is 101. The largest absolute Gasteiger partial charge is 0.487 e. The number of rotatable bonds is 10. The maximum absolute atomic E-state index is 15.1. The Morgan fingerprint density at radius 3 is 1.63 bits per heavy atom. The van der Waals surface area contributed by atoms with Crippen LogP contribution in [0.25, 0.3) is 0 Å². The van der Waals surface area contributed by atoms with Gasteiger partial charge in [0.05, 0.1) is 11.4 Å². The Morgan fingerprint density at radius 2 is 1.21 bits per heavy atom. The summed E-state index contributed by atoms with van der Waals surface area (Å²) in [5.41, 5.74) is -8.85. The molecule has 0 radical (unpaired) electrons. The molecular weight excluding hydrogens is 586 g/mol. The molecule has 1 N–H and O–H groups in total. The van der Waals surface area contributed by atoms with Gasteiger partial charge in [0.15, 0.2) is 6.23 Å². The predicted octanol–water partition coefficient (Wildman–Crippen LogP) is 4.88. The van der Waals surface area contributed by atoms with Gasteiger partial charge < -0.3 is 14.6 Å². The number of ether oxygens (including phenoxy) is 2. The Bertz CT molecular complexity index is 1510. The second-order valence-electron chi connectivity index (χ2n) is 9.14. The number of halogens is 6. The maximum atomic E-state index is 15.1. The van der Waals surface area contributed by atoms with Crippen molar-refractivity contribution in [1.82, 2.24) is 0 Å². The fourth-order valence-corrected chi connectivity index (χ4v) is 4.75. The molecule has 0 fully saturated rings. The summed E-state index contributed by atoms with van der Waals surface area (Å²) >= 11 is 0. The number of aliphatic hydroxyl groups is 1. The van der Waals surface area contributed by atoms with E-state index in [1.54, 1.807) is 0 Å². The van der Waals surface area contributed by atoms with E-state index in [0.29, 0.717) is 34.1 Å². The van der Waals surface area contributed by atoms with Crippen molar-refractivity contribution >= 4 is 29.1 Å². The second kappa shape index (κ2) is 11.4. The van der Waals surface area contributed by atoms with Crippen molar-refractivity contribution in [3.05, 3.63) is 97.1 Å². The van der Waals surface area contributed by atoms with Crippen molar-refractivity contribution in [1.29, 1.82) is 0 Å². The summed E-state index contributed by atoms with van der Waals surface area (Å²) in [4.78, 5) is 38.3. The van der Waals surface area contributed by atoms with Crippen molar-refractivity contribution in [3.63, 3.8) is 0 Å². The quantitative estimate of drug-likeness (QED) is 0.235. The number of hydrogen-bond donors (Lipinski definition) is 1. The fraction of sp³-hybridized carbons (Fsp3) is 0.207. The van der Waals surface area contributed by atoms with Gasteiger partial charge in [-0.25, -0.2) is 4.90 Å². The van der Waals surface area contributed by atoms with Crippen LogP contribution < -0.4 is 19.3 Å². The fourth-order valence-electron chi connectivity index (χ4n) is 4.75. The molecule has 0 saturated carbocycles. The smallest absolute Gasteiger partial charge is 0.411 e. The molecule has 0 aromatic heterocycles. The second-order valence-corrected chi connectivity index (χ2v) is 9.14. The van der Waals surface area contributed by atoms with Gasteiger partial charge in [-0.05, 0) is 41.5 Å². The number of aliphatic hydroxyl groups excluding tert-OH is 1. The van der Waals surface area contributed by atoms with E-state index in [1.807, 2.05) is 0 Å². The van der Waals surface area contributed by atoms with Crippen molar-refractivity contribution in [2.75, 3.05) is 23.0 Å². The summed E-state index contributed by atoms with van der Waals surface area (Å²) in [5, 5.41) is 10.3. The van der Waals surface area contributed by atoms with E-state index in [2.05, 4.69) is 13.2 Å². The molecule has 0 saturated heterocycles. The van der Waals surface area contributed by atoms with Gasteiger partial charge in [0.25, 0.3) is 17.7 Å². The lowest BCUT2D eigenvalue weighted by molar-refractivity contribution is -0.288. The highest BCUT2D eigenvalue weighted by Gasteiger charge is 2.72. The summed E-state index contributed by atoms with van der Waals surface area (Å²) in [6.45, 7) is 6.37. The molecular formula is C29H22F6N2O6. The summed E-state index contributed by atoms with van der Waals surface area (Å²) in [7, 11) is 0. The molecule has 0 spiro atoms. The average Bonchev–Trinajstić information content (AvgIpc) is 3.44. The van der Waals surface area contributed by atoms with Gasteiger partial charge in [-0.15, -0.1) is 0 Å². The number of benzene rings is 2. The first-order valence-corrected chi connectivity index (χ1v) is 12.3. The highest BCUT2D eigenvalue weighted by atomic mass is 19.4. The highest BCUT2D eigenvalue weighted by Crippen LogP contribution is 2.58. The predicted molar refractivity (Wildman–Crippen MR) is 141 cm³/mol. The van der Waals surface area contributed by atoms with Crippen LogP contribution in [0.2, 0.25) is 0 Å². The van der Waals surface area contributed by atoms with E-state index < -0.39 is 64.2 Å². The van der Waals surface area contributed by atoms with E-state index in [4.69, 9.17) is 9.47 Å². The number of nitrogens with zero attached hydrogens (tertiary/aromatic N) is 2. The minimum Gasteiger partial charge on any atom is -0.487 e. The number of alkyl halides is 6. The van der Waals surface area contributed by atoms with Gasteiger partial charge in [0.1, 0.15) is 24.7 Å². The Kier molecular flexibility index (Phi) is 8.27. The standard InChI is InChI=1S/C29H22F6N2O6/c1-3-13-42-21-7-5-17(15-19(21)36-23(38)9-10-24(36)39)27(28(30,31)32,29(33,34)35)18-6-8-22(43-14-4-2)20(16-18)37-25(40)11-12-26(37)41/h3-12,15-16,23,38H,1-2,13-14H2. The molecule has 4 rings (SSSR count). The molecule has 2 heterocycles. The topological polar surface area (TPSA) is 96.4 Å². The first-order valence-electron chi connectivity index (χ1n) is 12.3. The molecule has 1 unspecified atom stereocenters. The van der Waals surface area contributed by atoms with Gasteiger partial charge in [0, 0.05) is 18.2 Å². The Hall–Kier alpha value is -4.85. The van der Waals surface area contributed by atoms with Crippen molar-refractivity contribution < 1.29 is 55.3 Å². The minimum atomic E-state index is -6.09. The van der Waals surface area contributed by atoms with E-state index in [1.165, 1.54) is 12.2 Å². The van der Waals surface area contributed by atoms with Gasteiger partial charge in [-0.2, -0.15) is 26.3 Å². The number of carbonyl (C=O) groups excluding carboxylic acids is 3. The zero-order valence-electron chi connectivity index (χ0n) is 22.0. The van der Waals surface area contributed by atoms with Crippen LogP contribution in [0.5, 0.6) is 11.5 Å². The van der Waals surface area contributed by atoms with Crippen LogP contribution in [0.15, 0.2) is 86.0 Å². The average molecular weight is 608 g/mol. The molecule has 1 atom stereocenters. The van der Waals surface area contributed by atoms with Crippen LogP contribution in [0.1, 0.15) is 11.1 Å². The molecule has 226 valence electrons. The van der Waals surface area contributed by atoms with Gasteiger partial charge in [-0.1, -0.05) is 37.4 Å². The highest BCUT2D eigenvalue weighted by molar-refractivity contribution is 6.28. The number of hydrogen-bond acceptors (Lipinski definition) is 6. The van der Waals surface area contributed by atoms with E-state index in [9.17, 15) is 19.5 Å². The monoisotopic (exact) mass is 608 g/mol. The van der Waals surface area contributed by atoms with E-state index in [0.717, 1.165) is 36.4 Å². The zero-order valence-corrected chi connectivity index (χ0v) is 22.0. The number of amides is 3. The Balaban J connectivity index is 2.05. The maximum Gasteiger partial charge on any atom is 0.411 e. The van der Waals surface area contributed by atoms with Gasteiger partial charge >= 0.3 is 12.4 Å². The lowest BCUT2D eigenvalue weighted by Crippen LogP contribution is -2.55. The van der Waals surface area contributed by atoms with E-state index >= 15 is 26.3 Å². The van der Waals surface area contributed by atoms with Crippen molar-refractivity contribution in [2.45, 2.75) is 24.0 Å². The molecule has 43 heavy (non-hydrogen) atoms. The third-order valence-electron chi connectivity index (χ3n) is 6.57. The molecule has 14 heteroatoms. The molecule has 2 aliphatic heterocycles. The first-order chi connectivity index (χ1) is 20.2. The van der Waals surface area contributed by atoms with Crippen LogP contribution in [0.3, 0.4) is 0 Å². The molecule has 8 nitrogen and oxygen atoms in total. The zero-order chi connectivity index (χ0) is 31.7. The van der Waals surface area contributed by atoms with Crippen molar-refractivity contribution in [3.8, 4) is 11.5 Å². The lowest BCUT2D eigenvalue weighted by atomic mass is 9.72.